The molecule has 6 nitrogen and oxygen atoms in total. The number of nitrogens with one attached hydrogen (secondary N) is 2. The van der Waals surface area contributed by atoms with Gasteiger partial charge in [-0.15, -0.1) is 22.7 Å². The Balaban J connectivity index is 1.29. The normalized spacial score (nSPS) is 16.3. The maximum atomic E-state index is 12.9. The predicted molar refractivity (Wildman–Crippen MR) is 122 cm³/mol. The summed E-state index contributed by atoms with van der Waals surface area (Å²) in [5.74, 6) is 0.278. The molecule has 1 atom stereocenters. The summed E-state index contributed by atoms with van der Waals surface area (Å²) < 4.78 is 0. The molecule has 1 saturated heterocycles. The number of likely N-dealkylation sites (tertiary alicyclic amines) is 1. The fourth-order valence-electron chi connectivity index (χ4n) is 3.51. The van der Waals surface area contributed by atoms with Crippen LogP contribution in [-0.4, -0.2) is 41.5 Å². The van der Waals surface area contributed by atoms with Gasteiger partial charge in [0, 0.05) is 25.3 Å². The van der Waals surface area contributed by atoms with E-state index in [1.807, 2.05) is 53.6 Å². The highest BCUT2D eigenvalue weighted by molar-refractivity contribution is 7.21. The number of hydrogen-bond donors (Lipinski definition) is 2. The third-order valence-electron chi connectivity index (χ3n) is 5.12. The van der Waals surface area contributed by atoms with Gasteiger partial charge in [0.1, 0.15) is 9.88 Å². The minimum absolute atomic E-state index is 0.0316. The molecule has 1 aromatic carbocycles. The van der Waals surface area contributed by atoms with E-state index in [1.165, 1.54) is 11.3 Å². The highest BCUT2D eigenvalue weighted by atomic mass is 32.1. The molecule has 2 N–H and O–H groups in total. The van der Waals surface area contributed by atoms with Crippen molar-refractivity contribution in [3.63, 3.8) is 0 Å². The molecule has 156 valence electrons. The Morgan fingerprint density at radius 2 is 2.07 bits per heavy atom. The standard InChI is InChI=1S/C22H24N4O2S2/c1-15-6-8-17(9-7-15)25-22(28)24-12-16-4-2-10-26(14-16)21(27)19-13-23-20(30-19)18-5-3-11-29-18/h3,5-9,11,13,16H,2,4,10,12,14H2,1H3,(H2,24,25,28). The minimum Gasteiger partial charge on any atom is -0.338 e. The van der Waals surface area contributed by atoms with Crippen molar-refractivity contribution in [3.05, 3.63) is 58.4 Å². The number of thiazole rings is 1. The molecule has 1 unspecified atom stereocenters. The van der Waals surface area contributed by atoms with Gasteiger partial charge in [0.25, 0.3) is 5.91 Å². The molecule has 0 aliphatic carbocycles. The van der Waals surface area contributed by atoms with Crippen LogP contribution in [0.4, 0.5) is 10.5 Å². The summed E-state index contributed by atoms with van der Waals surface area (Å²) in [6.45, 7) is 3.95. The predicted octanol–water partition coefficient (Wildman–Crippen LogP) is 4.85. The Morgan fingerprint density at radius 3 is 2.83 bits per heavy atom. The van der Waals surface area contributed by atoms with Gasteiger partial charge in [-0.25, -0.2) is 9.78 Å². The van der Waals surface area contributed by atoms with Gasteiger partial charge in [-0.05, 0) is 49.3 Å². The van der Waals surface area contributed by atoms with E-state index in [4.69, 9.17) is 0 Å². The summed E-state index contributed by atoms with van der Waals surface area (Å²) in [6.07, 6.45) is 3.62. The lowest BCUT2D eigenvalue weighted by molar-refractivity contribution is 0.0680. The first-order chi connectivity index (χ1) is 14.6. The number of aromatic nitrogens is 1. The van der Waals surface area contributed by atoms with Gasteiger partial charge in [0.15, 0.2) is 0 Å². The van der Waals surface area contributed by atoms with Crippen LogP contribution in [0.3, 0.4) is 0 Å². The number of urea groups is 1. The molecule has 3 amide bonds. The summed E-state index contributed by atoms with van der Waals surface area (Å²) >= 11 is 3.07. The maximum absolute atomic E-state index is 12.9. The van der Waals surface area contributed by atoms with Crippen LogP contribution in [0.25, 0.3) is 9.88 Å². The van der Waals surface area contributed by atoms with Crippen LogP contribution in [0.5, 0.6) is 0 Å². The van der Waals surface area contributed by atoms with Gasteiger partial charge in [-0.3, -0.25) is 4.79 Å². The summed E-state index contributed by atoms with van der Waals surface area (Å²) in [4.78, 5) is 33.2. The van der Waals surface area contributed by atoms with Crippen molar-refractivity contribution in [1.29, 1.82) is 0 Å². The van der Waals surface area contributed by atoms with Crippen molar-refractivity contribution < 1.29 is 9.59 Å². The number of rotatable bonds is 5. The smallest absolute Gasteiger partial charge is 0.319 e. The van der Waals surface area contributed by atoms with E-state index in [9.17, 15) is 9.59 Å². The SMILES string of the molecule is Cc1ccc(NC(=O)NCC2CCCN(C(=O)c3cnc(-c4cccs4)s3)C2)cc1. The molecule has 4 rings (SSSR count). The van der Waals surface area contributed by atoms with Gasteiger partial charge in [-0.2, -0.15) is 0 Å². The largest absolute Gasteiger partial charge is 0.338 e. The van der Waals surface area contributed by atoms with E-state index >= 15 is 0 Å². The van der Waals surface area contributed by atoms with Gasteiger partial charge < -0.3 is 15.5 Å². The second-order valence-electron chi connectivity index (χ2n) is 7.47. The van der Waals surface area contributed by atoms with Crippen molar-refractivity contribution >= 4 is 40.3 Å². The molecular weight excluding hydrogens is 416 g/mol. The molecule has 30 heavy (non-hydrogen) atoms. The zero-order valence-corrected chi connectivity index (χ0v) is 18.4. The fraction of sp³-hybridized carbons (Fsp3) is 0.318. The average Bonchev–Trinajstić information content (AvgIpc) is 3.45. The number of carbonyl (C=O) groups excluding carboxylic acids is 2. The number of thiophene rings is 1. The van der Waals surface area contributed by atoms with Crippen molar-refractivity contribution in [2.24, 2.45) is 5.92 Å². The highest BCUT2D eigenvalue weighted by Gasteiger charge is 2.26. The Morgan fingerprint density at radius 1 is 1.23 bits per heavy atom. The molecule has 1 fully saturated rings. The van der Waals surface area contributed by atoms with Crippen LogP contribution >= 0.6 is 22.7 Å². The number of nitrogens with zero attached hydrogens (tertiary/aromatic N) is 2. The Kier molecular flexibility index (Phi) is 6.44. The lowest BCUT2D eigenvalue weighted by Gasteiger charge is -2.32. The third-order valence-corrected chi connectivity index (χ3v) is 7.14. The van der Waals surface area contributed by atoms with Crippen LogP contribution in [0, 0.1) is 12.8 Å². The molecule has 0 spiro atoms. The van der Waals surface area contributed by atoms with Crippen LogP contribution < -0.4 is 10.6 Å². The average molecular weight is 441 g/mol. The number of aryl methyl sites for hydroxylation is 1. The van der Waals surface area contributed by atoms with E-state index < -0.39 is 0 Å². The van der Waals surface area contributed by atoms with Crippen LogP contribution in [0.1, 0.15) is 28.1 Å². The highest BCUT2D eigenvalue weighted by Crippen LogP contribution is 2.30. The maximum Gasteiger partial charge on any atom is 0.319 e. The molecule has 1 aliphatic rings. The molecule has 0 saturated carbocycles. The first kappa shape index (κ1) is 20.6. The molecule has 0 bridgehead atoms. The number of piperidine rings is 1. The lowest BCUT2D eigenvalue weighted by Crippen LogP contribution is -2.44. The summed E-state index contributed by atoms with van der Waals surface area (Å²) in [5.41, 5.74) is 1.92. The first-order valence-electron chi connectivity index (χ1n) is 9.99. The number of anilines is 1. The zero-order chi connectivity index (χ0) is 20.9. The topological polar surface area (TPSA) is 74.3 Å². The van der Waals surface area contributed by atoms with E-state index in [2.05, 4.69) is 15.6 Å². The number of benzene rings is 1. The van der Waals surface area contributed by atoms with Crippen LogP contribution in [0.15, 0.2) is 48.0 Å². The Labute approximate surface area is 184 Å². The zero-order valence-electron chi connectivity index (χ0n) is 16.8. The minimum atomic E-state index is -0.217. The second-order valence-corrected chi connectivity index (χ2v) is 9.45. The number of hydrogen-bond acceptors (Lipinski definition) is 5. The van der Waals surface area contributed by atoms with E-state index in [-0.39, 0.29) is 17.9 Å². The first-order valence-corrected chi connectivity index (χ1v) is 11.7. The molecule has 8 heteroatoms. The van der Waals surface area contributed by atoms with E-state index in [0.717, 1.165) is 40.5 Å². The molecular formula is C22H24N4O2S2. The van der Waals surface area contributed by atoms with Gasteiger partial charge in [0.05, 0.1) is 11.1 Å². The van der Waals surface area contributed by atoms with Crippen molar-refractivity contribution in [2.75, 3.05) is 25.0 Å². The molecule has 3 aromatic rings. The second kappa shape index (κ2) is 9.40. The Bertz CT molecular complexity index is 999. The van der Waals surface area contributed by atoms with Crippen molar-refractivity contribution in [2.45, 2.75) is 19.8 Å². The van der Waals surface area contributed by atoms with E-state index in [0.29, 0.717) is 18.0 Å². The molecule has 0 radical (unpaired) electrons. The van der Waals surface area contributed by atoms with E-state index in [1.54, 1.807) is 17.5 Å². The number of carbonyl (C=O) groups is 2. The van der Waals surface area contributed by atoms with Gasteiger partial charge in [-0.1, -0.05) is 23.8 Å². The quantitative estimate of drug-likeness (QED) is 0.595. The fourth-order valence-corrected chi connectivity index (χ4v) is 5.20. The lowest BCUT2D eigenvalue weighted by atomic mass is 9.98. The third kappa shape index (κ3) is 5.06. The summed E-state index contributed by atoms with van der Waals surface area (Å²) in [6, 6.07) is 11.5. The Hall–Kier alpha value is -2.71. The van der Waals surface area contributed by atoms with Gasteiger partial charge >= 0.3 is 6.03 Å². The van der Waals surface area contributed by atoms with Crippen molar-refractivity contribution in [3.8, 4) is 9.88 Å². The molecule has 3 heterocycles. The molecule has 2 aromatic heterocycles. The van der Waals surface area contributed by atoms with Crippen LogP contribution in [-0.2, 0) is 0 Å². The van der Waals surface area contributed by atoms with Crippen molar-refractivity contribution in [1.82, 2.24) is 15.2 Å². The summed E-state index contributed by atoms with van der Waals surface area (Å²) in [7, 11) is 0. The number of amides is 3. The van der Waals surface area contributed by atoms with Gasteiger partial charge in [0.2, 0.25) is 0 Å². The van der Waals surface area contributed by atoms with Crippen LogP contribution in [0.2, 0.25) is 0 Å². The monoisotopic (exact) mass is 440 g/mol. The molecule has 1 aliphatic heterocycles. The summed E-state index contributed by atoms with van der Waals surface area (Å²) in [5, 5.41) is 8.68.